The van der Waals surface area contributed by atoms with Gasteiger partial charge in [0.1, 0.15) is 6.29 Å². The number of benzene rings is 1. The van der Waals surface area contributed by atoms with E-state index in [-0.39, 0.29) is 0 Å². The Morgan fingerprint density at radius 3 is 2.53 bits per heavy atom. The quantitative estimate of drug-likeness (QED) is 0.796. The van der Waals surface area contributed by atoms with E-state index in [0.29, 0.717) is 0 Å². The molecular weight excluding hydrogens is 214 g/mol. The van der Waals surface area contributed by atoms with Crippen LogP contribution in [0.5, 0.6) is 0 Å². The van der Waals surface area contributed by atoms with Crippen LogP contribution in [0, 0.1) is 6.92 Å². The molecule has 0 aromatic heterocycles. The van der Waals surface area contributed by atoms with Gasteiger partial charge in [-0.3, -0.25) is 4.79 Å². The zero-order valence-corrected chi connectivity index (χ0v) is 10.4. The molecule has 1 aliphatic heterocycles. The SMILES string of the molecule is Cc1cc(C=O)ccc1N1CCC(C)(O)CC1. The highest BCUT2D eigenvalue weighted by Gasteiger charge is 2.27. The predicted molar refractivity (Wildman–Crippen MR) is 68.6 cm³/mol. The first kappa shape index (κ1) is 12.1. The van der Waals surface area contributed by atoms with Crippen molar-refractivity contribution in [1.29, 1.82) is 0 Å². The van der Waals surface area contributed by atoms with Crippen LogP contribution in [0.25, 0.3) is 0 Å². The number of piperidine rings is 1. The molecule has 1 fully saturated rings. The third kappa shape index (κ3) is 2.67. The molecule has 0 spiro atoms. The summed E-state index contributed by atoms with van der Waals surface area (Å²) in [5.74, 6) is 0. The molecule has 1 aromatic carbocycles. The maximum atomic E-state index is 10.7. The van der Waals surface area contributed by atoms with E-state index in [4.69, 9.17) is 0 Å². The fraction of sp³-hybridized carbons (Fsp3) is 0.500. The van der Waals surface area contributed by atoms with E-state index in [0.717, 1.165) is 43.3 Å². The summed E-state index contributed by atoms with van der Waals surface area (Å²) in [4.78, 5) is 13.0. The molecule has 0 saturated carbocycles. The van der Waals surface area contributed by atoms with Gasteiger partial charge in [-0.05, 0) is 50.5 Å². The van der Waals surface area contributed by atoms with Crippen molar-refractivity contribution in [3.8, 4) is 0 Å². The molecule has 3 nitrogen and oxygen atoms in total. The standard InChI is InChI=1S/C14H19NO2/c1-11-9-12(10-16)3-4-13(11)15-7-5-14(2,17)6-8-15/h3-4,9-10,17H,5-8H2,1-2H3. The highest BCUT2D eigenvalue weighted by Crippen LogP contribution is 2.28. The number of carbonyl (C=O) groups excluding carboxylic acids is 1. The fourth-order valence-electron chi connectivity index (χ4n) is 2.34. The van der Waals surface area contributed by atoms with Crippen LogP contribution in [0.2, 0.25) is 0 Å². The number of hydrogen-bond acceptors (Lipinski definition) is 3. The molecule has 1 aliphatic rings. The van der Waals surface area contributed by atoms with Gasteiger partial charge in [-0.25, -0.2) is 0 Å². The van der Waals surface area contributed by atoms with Gasteiger partial charge < -0.3 is 10.0 Å². The summed E-state index contributed by atoms with van der Waals surface area (Å²) >= 11 is 0. The highest BCUT2D eigenvalue weighted by atomic mass is 16.3. The van der Waals surface area contributed by atoms with Crippen molar-refractivity contribution in [3.05, 3.63) is 29.3 Å². The first-order valence-electron chi connectivity index (χ1n) is 6.05. The summed E-state index contributed by atoms with van der Waals surface area (Å²) < 4.78 is 0. The Labute approximate surface area is 102 Å². The van der Waals surface area contributed by atoms with Gasteiger partial charge in [0.15, 0.2) is 0 Å². The second-order valence-corrected chi connectivity index (χ2v) is 5.15. The Balaban J connectivity index is 2.16. The third-order valence-corrected chi connectivity index (χ3v) is 3.54. The topological polar surface area (TPSA) is 40.5 Å². The lowest BCUT2D eigenvalue weighted by Crippen LogP contribution is -2.42. The lowest BCUT2D eigenvalue weighted by molar-refractivity contribution is 0.0351. The van der Waals surface area contributed by atoms with Crippen LogP contribution in [-0.4, -0.2) is 30.1 Å². The van der Waals surface area contributed by atoms with Crippen LogP contribution in [-0.2, 0) is 0 Å². The minimum Gasteiger partial charge on any atom is -0.390 e. The molecule has 0 radical (unpaired) electrons. The Kier molecular flexibility index (Phi) is 3.20. The second-order valence-electron chi connectivity index (χ2n) is 5.15. The number of hydrogen-bond donors (Lipinski definition) is 1. The number of aldehydes is 1. The van der Waals surface area contributed by atoms with E-state index in [1.165, 1.54) is 5.69 Å². The van der Waals surface area contributed by atoms with Crippen LogP contribution in [0.4, 0.5) is 5.69 Å². The van der Waals surface area contributed by atoms with Crippen LogP contribution < -0.4 is 4.90 Å². The number of nitrogens with zero attached hydrogens (tertiary/aromatic N) is 1. The maximum absolute atomic E-state index is 10.7. The molecule has 1 N–H and O–H groups in total. The van der Waals surface area contributed by atoms with Gasteiger partial charge in [0.05, 0.1) is 5.60 Å². The zero-order chi connectivity index (χ0) is 12.5. The van der Waals surface area contributed by atoms with Gasteiger partial charge in [-0.1, -0.05) is 0 Å². The summed E-state index contributed by atoms with van der Waals surface area (Å²) in [6.07, 6.45) is 2.46. The molecular formula is C14H19NO2. The predicted octanol–water partition coefficient (Wildman–Crippen LogP) is 2.16. The average Bonchev–Trinajstić information content (AvgIpc) is 2.29. The minimum absolute atomic E-state index is 0.521. The number of aliphatic hydroxyl groups is 1. The van der Waals surface area contributed by atoms with Gasteiger partial charge in [-0.15, -0.1) is 0 Å². The smallest absolute Gasteiger partial charge is 0.150 e. The number of anilines is 1. The summed E-state index contributed by atoms with van der Waals surface area (Å²) in [5, 5.41) is 9.92. The molecule has 0 aliphatic carbocycles. The monoisotopic (exact) mass is 233 g/mol. The molecule has 3 heteroatoms. The fourth-order valence-corrected chi connectivity index (χ4v) is 2.34. The highest BCUT2D eigenvalue weighted by molar-refractivity contribution is 5.77. The van der Waals surface area contributed by atoms with Crippen molar-refractivity contribution < 1.29 is 9.90 Å². The molecule has 0 bridgehead atoms. The van der Waals surface area contributed by atoms with E-state index in [1.54, 1.807) is 0 Å². The lowest BCUT2D eigenvalue weighted by Gasteiger charge is -2.37. The van der Waals surface area contributed by atoms with Gasteiger partial charge in [0.25, 0.3) is 0 Å². The van der Waals surface area contributed by atoms with E-state index in [2.05, 4.69) is 4.90 Å². The molecule has 0 unspecified atom stereocenters. The van der Waals surface area contributed by atoms with E-state index < -0.39 is 5.60 Å². The molecule has 2 rings (SSSR count). The number of aryl methyl sites for hydroxylation is 1. The Hall–Kier alpha value is -1.35. The Bertz CT molecular complexity index is 416. The van der Waals surface area contributed by atoms with E-state index in [9.17, 15) is 9.90 Å². The van der Waals surface area contributed by atoms with Crippen molar-refractivity contribution in [1.82, 2.24) is 0 Å². The molecule has 17 heavy (non-hydrogen) atoms. The second kappa shape index (κ2) is 4.49. The molecule has 0 amide bonds. The molecule has 0 atom stereocenters. The minimum atomic E-state index is -0.521. The molecule has 92 valence electrons. The molecule has 1 saturated heterocycles. The van der Waals surface area contributed by atoms with Crippen LogP contribution in [0.15, 0.2) is 18.2 Å². The average molecular weight is 233 g/mol. The largest absolute Gasteiger partial charge is 0.390 e. The van der Waals surface area contributed by atoms with Gasteiger partial charge in [0, 0.05) is 24.3 Å². The van der Waals surface area contributed by atoms with Crippen molar-refractivity contribution in [3.63, 3.8) is 0 Å². The van der Waals surface area contributed by atoms with Crippen LogP contribution in [0.3, 0.4) is 0 Å². The number of carbonyl (C=O) groups is 1. The van der Waals surface area contributed by atoms with Crippen molar-refractivity contribution in [2.75, 3.05) is 18.0 Å². The molecule has 1 aromatic rings. The Morgan fingerprint density at radius 2 is 2.00 bits per heavy atom. The maximum Gasteiger partial charge on any atom is 0.150 e. The van der Waals surface area contributed by atoms with Crippen molar-refractivity contribution in [2.24, 2.45) is 0 Å². The summed E-state index contributed by atoms with van der Waals surface area (Å²) in [5.41, 5.74) is 2.49. The third-order valence-electron chi connectivity index (χ3n) is 3.54. The van der Waals surface area contributed by atoms with Gasteiger partial charge >= 0.3 is 0 Å². The lowest BCUT2D eigenvalue weighted by atomic mass is 9.93. The van der Waals surface area contributed by atoms with Crippen molar-refractivity contribution in [2.45, 2.75) is 32.3 Å². The van der Waals surface area contributed by atoms with E-state index >= 15 is 0 Å². The van der Waals surface area contributed by atoms with Crippen LogP contribution in [0.1, 0.15) is 35.7 Å². The number of rotatable bonds is 2. The van der Waals surface area contributed by atoms with E-state index in [1.807, 2.05) is 32.0 Å². The summed E-state index contributed by atoms with van der Waals surface area (Å²) in [6.45, 7) is 5.66. The van der Waals surface area contributed by atoms with Gasteiger partial charge in [0.2, 0.25) is 0 Å². The van der Waals surface area contributed by atoms with Crippen LogP contribution >= 0.6 is 0 Å². The normalized spacial score (nSPS) is 19.1. The van der Waals surface area contributed by atoms with Gasteiger partial charge in [-0.2, -0.15) is 0 Å². The molecule has 1 heterocycles. The Morgan fingerprint density at radius 1 is 1.35 bits per heavy atom. The zero-order valence-electron chi connectivity index (χ0n) is 10.4. The summed E-state index contributed by atoms with van der Waals surface area (Å²) in [7, 11) is 0. The van der Waals surface area contributed by atoms with Crippen molar-refractivity contribution >= 4 is 12.0 Å². The first-order chi connectivity index (χ1) is 8.02. The summed E-state index contributed by atoms with van der Waals surface area (Å²) in [6, 6.07) is 5.76. The first-order valence-corrected chi connectivity index (χ1v) is 6.05.